The molecule has 0 atom stereocenters. The highest BCUT2D eigenvalue weighted by Crippen LogP contribution is 2.39. The van der Waals surface area contributed by atoms with E-state index in [2.05, 4.69) is 32.0 Å². The van der Waals surface area contributed by atoms with Crippen molar-refractivity contribution in [1.29, 1.82) is 0 Å². The number of nitrogens with zero attached hydrogens (tertiary/aromatic N) is 4. The van der Waals surface area contributed by atoms with Crippen LogP contribution >= 0.6 is 0 Å². The molecule has 4 aromatic carbocycles. The van der Waals surface area contributed by atoms with Crippen LogP contribution in [0.15, 0.2) is 92.8 Å². The minimum atomic E-state index is -0.915. The quantitative estimate of drug-likeness (QED) is 0.230. The molecular weight excluding hydrogens is 604 g/mol. The number of methoxy groups -OCH3 is 4. The maximum absolute atomic E-state index is 6.46. The minimum Gasteiger partial charge on any atom is -0.497 e. The zero-order valence-electron chi connectivity index (χ0n) is 26.3. The van der Waals surface area contributed by atoms with Crippen molar-refractivity contribution >= 4 is 34.8 Å². The van der Waals surface area contributed by atoms with E-state index in [-0.39, 0.29) is 26.4 Å². The SMILES string of the molecule is COc1ccc2c(c1)N=C=Nc1cc(OC)ccc1OCC1(CO2)COc2ccc(OC)cc2N=C=Nc2cc(OC)ccc2OC1. The van der Waals surface area contributed by atoms with Gasteiger partial charge >= 0.3 is 0 Å². The molecule has 0 aromatic heterocycles. The number of hydrogen-bond acceptors (Lipinski definition) is 12. The molecule has 0 saturated heterocycles. The Balaban J connectivity index is 1.48. The van der Waals surface area contributed by atoms with Crippen molar-refractivity contribution in [3.8, 4) is 46.0 Å². The molecular formula is C35H32N4O8. The highest BCUT2D eigenvalue weighted by Gasteiger charge is 2.37. The number of ether oxygens (including phenoxy) is 8. The zero-order chi connectivity index (χ0) is 32.6. The predicted octanol–water partition coefficient (Wildman–Crippen LogP) is 7.22. The van der Waals surface area contributed by atoms with Crippen LogP contribution in [0.5, 0.6) is 46.0 Å². The van der Waals surface area contributed by atoms with E-state index in [1.807, 2.05) is 0 Å². The van der Waals surface area contributed by atoms with Crippen molar-refractivity contribution in [1.82, 2.24) is 0 Å². The highest BCUT2D eigenvalue weighted by molar-refractivity contribution is 5.68. The van der Waals surface area contributed by atoms with Gasteiger partial charge in [0.05, 0.1) is 28.4 Å². The highest BCUT2D eigenvalue weighted by atomic mass is 16.5. The molecule has 2 aliphatic heterocycles. The average molecular weight is 637 g/mol. The van der Waals surface area contributed by atoms with Gasteiger partial charge in [0, 0.05) is 24.3 Å². The molecule has 1 spiro atoms. The predicted molar refractivity (Wildman–Crippen MR) is 175 cm³/mol. The van der Waals surface area contributed by atoms with Gasteiger partial charge in [-0.25, -0.2) is 0 Å². The smallest absolute Gasteiger partial charge is 0.146 e. The molecule has 0 aliphatic carbocycles. The van der Waals surface area contributed by atoms with E-state index in [1.165, 1.54) is 0 Å². The summed E-state index contributed by atoms with van der Waals surface area (Å²) in [5.41, 5.74) is 0.984. The summed E-state index contributed by atoms with van der Waals surface area (Å²) < 4.78 is 47.6. The van der Waals surface area contributed by atoms with E-state index < -0.39 is 5.41 Å². The molecule has 12 heteroatoms. The molecule has 0 amide bonds. The van der Waals surface area contributed by atoms with E-state index in [0.717, 1.165) is 0 Å². The number of benzene rings is 4. The van der Waals surface area contributed by atoms with Gasteiger partial charge in [0.2, 0.25) is 0 Å². The largest absolute Gasteiger partial charge is 0.497 e. The van der Waals surface area contributed by atoms with Crippen LogP contribution in [0.25, 0.3) is 0 Å². The molecule has 6 rings (SSSR count). The van der Waals surface area contributed by atoms with Gasteiger partial charge in [0.1, 0.15) is 113 Å². The fraction of sp³-hybridized carbons (Fsp3) is 0.257. The molecule has 240 valence electrons. The van der Waals surface area contributed by atoms with Gasteiger partial charge in [-0.2, -0.15) is 20.0 Å². The Kier molecular flexibility index (Phi) is 9.24. The molecule has 0 N–H and O–H groups in total. The summed E-state index contributed by atoms with van der Waals surface area (Å²) in [6.07, 6.45) is 0. The second-order valence-corrected chi connectivity index (χ2v) is 10.6. The zero-order valence-corrected chi connectivity index (χ0v) is 26.3. The summed E-state index contributed by atoms with van der Waals surface area (Å²) in [4.78, 5) is 17.8. The third-order valence-electron chi connectivity index (χ3n) is 7.48. The number of fused-ring (bicyclic) bond motifs is 4. The minimum absolute atomic E-state index is 0.105. The van der Waals surface area contributed by atoms with Crippen LogP contribution < -0.4 is 37.9 Å². The van der Waals surface area contributed by atoms with E-state index in [9.17, 15) is 0 Å². The lowest BCUT2D eigenvalue weighted by molar-refractivity contribution is -0.00300. The van der Waals surface area contributed by atoms with E-state index in [0.29, 0.717) is 68.7 Å². The molecule has 2 heterocycles. The standard InChI is InChI=1S/C35H32N4O8/c1-40-23-5-9-31-27(13-23)36-21-37-28-14-24(41-2)6-10-32(28)45-18-35(17-44-31)19-46-33-11-7-25(42-3)15-29(33)38-22-39-30-16-26(43-4)8-12-34(30)47-20-35/h5-16H,17-20H2,1-4H3. The van der Waals surface area contributed by atoms with Gasteiger partial charge in [-0.1, -0.05) is 0 Å². The first-order valence-electron chi connectivity index (χ1n) is 14.6. The molecule has 0 radical (unpaired) electrons. The fourth-order valence-electron chi connectivity index (χ4n) is 4.77. The third-order valence-corrected chi connectivity index (χ3v) is 7.48. The second kappa shape index (κ2) is 14.0. The van der Waals surface area contributed by atoms with Crippen molar-refractivity contribution < 1.29 is 37.9 Å². The molecule has 0 unspecified atom stereocenters. The first-order chi connectivity index (χ1) is 23.0. The number of aliphatic imine (C=N–C) groups is 4. The summed E-state index contributed by atoms with van der Waals surface area (Å²) in [7, 11) is 6.33. The van der Waals surface area contributed by atoms with Crippen LogP contribution in [0, 0.1) is 5.41 Å². The molecule has 12 nitrogen and oxygen atoms in total. The Bertz CT molecular complexity index is 1630. The maximum Gasteiger partial charge on any atom is 0.146 e. The first kappa shape index (κ1) is 31.0. The van der Waals surface area contributed by atoms with E-state index in [4.69, 9.17) is 37.9 Å². The average Bonchev–Trinajstić information content (AvgIpc) is 3.11. The molecule has 0 fully saturated rings. The summed E-state index contributed by atoms with van der Waals surface area (Å²) in [5.74, 6) is 4.33. The third kappa shape index (κ3) is 7.15. The Morgan fingerprint density at radius 3 is 0.936 bits per heavy atom. The Morgan fingerprint density at radius 1 is 0.447 bits per heavy atom. The van der Waals surface area contributed by atoms with Crippen molar-refractivity contribution in [2.45, 2.75) is 0 Å². The summed E-state index contributed by atoms with van der Waals surface area (Å²) >= 11 is 0. The summed E-state index contributed by atoms with van der Waals surface area (Å²) in [6.45, 7) is 0.421. The number of hydrogen-bond donors (Lipinski definition) is 0. The van der Waals surface area contributed by atoms with Crippen molar-refractivity contribution in [3.05, 3.63) is 72.8 Å². The number of rotatable bonds is 4. The van der Waals surface area contributed by atoms with Gasteiger partial charge in [-0.05, 0) is 48.5 Å². The molecule has 4 aromatic rings. The van der Waals surface area contributed by atoms with Gasteiger partial charge in [-0.3, -0.25) is 0 Å². The van der Waals surface area contributed by atoms with Gasteiger partial charge in [-0.15, -0.1) is 0 Å². The van der Waals surface area contributed by atoms with E-state index >= 15 is 0 Å². The van der Waals surface area contributed by atoms with E-state index in [1.54, 1.807) is 101 Å². The Labute approximate surface area is 271 Å². The van der Waals surface area contributed by atoms with Gasteiger partial charge in [0.15, 0.2) is 0 Å². The summed E-state index contributed by atoms with van der Waals surface area (Å²) in [6, 6.07) is 26.8. The summed E-state index contributed by atoms with van der Waals surface area (Å²) in [5, 5.41) is 0. The Morgan fingerprint density at radius 2 is 0.702 bits per heavy atom. The first-order valence-corrected chi connectivity index (χ1v) is 14.6. The van der Waals surface area contributed by atoms with Crippen LogP contribution in [0.2, 0.25) is 0 Å². The van der Waals surface area contributed by atoms with Crippen LogP contribution in [0.1, 0.15) is 0 Å². The maximum atomic E-state index is 6.46. The molecule has 47 heavy (non-hydrogen) atoms. The van der Waals surface area contributed by atoms with Crippen molar-refractivity contribution in [3.63, 3.8) is 0 Å². The lowest BCUT2D eigenvalue weighted by atomic mass is 9.91. The Hall–Kier alpha value is -5.96. The monoisotopic (exact) mass is 636 g/mol. The molecule has 2 aliphatic rings. The normalized spacial score (nSPS) is 16.8. The van der Waals surface area contributed by atoms with Crippen LogP contribution in [-0.2, 0) is 0 Å². The molecule has 0 bridgehead atoms. The second-order valence-electron chi connectivity index (χ2n) is 10.6. The lowest BCUT2D eigenvalue weighted by Gasteiger charge is -2.33. The fourth-order valence-corrected chi connectivity index (χ4v) is 4.77. The van der Waals surface area contributed by atoms with Gasteiger partial charge in [0.25, 0.3) is 0 Å². The van der Waals surface area contributed by atoms with Crippen LogP contribution in [0.4, 0.5) is 22.7 Å². The molecule has 0 saturated carbocycles. The van der Waals surface area contributed by atoms with Crippen molar-refractivity contribution in [2.75, 3.05) is 54.9 Å². The van der Waals surface area contributed by atoms with Crippen LogP contribution in [0.3, 0.4) is 0 Å². The topological polar surface area (TPSA) is 123 Å². The lowest BCUT2D eigenvalue weighted by Crippen LogP contribution is -2.45. The van der Waals surface area contributed by atoms with Crippen molar-refractivity contribution in [2.24, 2.45) is 25.4 Å². The van der Waals surface area contributed by atoms with Gasteiger partial charge < -0.3 is 37.9 Å². The van der Waals surface area contributed by atoms with Crippen LogP contribution in [-0.4, -0.2) is 66.9 Å².